The molecule has 0 fully saturated rings. The number of carbonyl (C=O) groups is 1. The van der Waals surface area contributed by atoms with Crippen LogP contribution in [0.15, 0.2) is 48.5 Å². The van der Waals surface area contributed by atoms with Crippen molar-refractivity contribution in [1.82, 2.24) is 4.90 Å². The molecule has 0 atom stereocenters. The van der Waals surface area contributed by atoms with Crippen LogP contribution in [0.2, 0.25) is 0 Å². The van der Waals surface area contributed by atoms with Gasteiger partial charge in [-0.2, -0.15) is 8.78 Å². The average Bonchev–Trinajstić information content (AvgIpc) is 2.54. The summed E-state index contributed by atoms with van der Waals surface area (Å²) < 4.78 is 28.8. The monoisotopic (exact) mass is 319 g/mol. The first-order chi connectivity index (χ1) is 11.0. The Morgan fingerprint density at radius 2 is 1.78 bits per heavy atom. The van der Waals surface area contributed by atoms with Crippen molar-refractivity contribution in [2.75, 3.05) is 7.05 Å². The summed E-state index contributed by atoms with van der Waals surface area (Å²) in [4.78, 5) is 13.9. The molecule has 5 heteroatoms. The van der Waals surface area contributed by atoms with Gasteiger partial charge in [0.1, 0.15) is 5.75 Å². The van der Waals surface area contributed by atoms with Crippen LogP contribution in [0.1, 0.15) is 28.4 Å². The number of hydrogen-bond donors (Lipinski definition) is 0. The number of carbonyl (C=O) groups excluding carboxylic acids is 1. The van der Waals surface area contributed by atoms with Crippen molar-refractivity contribution < 1.29 is 18.3 Å². The molecular formula is C18H19F2NO2. The van der Waals surface area contributed by atoms with E-state index in [0.29, 0.717) is 12.1 Å². The summed E-state index contributed by atoms with van der Waals surface area (Å²) in [5.41, 5.74) is 2.56. The highest BCUT2D eigenvalue weighted by atomic mass is 19.3. The lowest BCUT2D eigenvalue weighted by Crippen LogP contribution is -2.26. The predicted octanol–water partition coefficient (Wildman–Crippen LogP) is 4.12. The Hall–Kier alpha value is -2.43. The maximum Gasteiger partial charge on any atom is 0.387 e. The van der Waals surface area contributed by atoms with Crippen molar-refractivity contribution in [3.63, 3.8) is 0 Å². The highest BCUT2D eigenvalue weighted by Gasteiger charge is 2.14. The van der Waals surface area contributed by atoms with Crippen molar-refractivity contribution in [2.24, 2.45) is 0 Å². The van der Waals surface area contributed by atoms with Crippen LogP contribution in [-0.4, -0.2) is 24.5 Å². The Kier molecular flexibility index (Phi) is 5.68. The molecule has 3 nitrogen and oxygen atoms in total. The standard InChI is InChI=1S/C18H19F2NO2/c1-3-13-7-9-14(10-8-13)12-21(2)17(22)15-5-4-6-16(11-15)23-18(19)20/h4-11,18H,3,12H2,1-2H3. The molecule has 1 amide bonds. The minimum atomic E-state index is -2.91. The molecule has 0 radical (unpaired) electrons. The molecule has 0 heterocycles. The highest BCUT2D eigenvalue weighted by molar-refractivity contribution is 5.94. The van der Waals surface area contributed by atoms with Gasteiger partial charge in [-0.05, 0) is 35.7 Å². The molecule has 2 aromatic rings. The van der Waals surface area contributed by atoms with Crippen molar-refractivity contribution in [1.29, 1.82) is 0 Å². The Balaban J connectivity index is 2.06. The molecule has 0 aliphatic heterocycles. The fourth-order valence-electron chi connectivity index (χ4n) is 2.25. The zero-order valence-electron chi connectivity index (χ0n) is 13.1. The number of alkyl halides is 2. The summed E-state index contributed by atoms with van der Waals surface area (Å²) in [6.45, 7) is -0.378. The third kappa shape index (κ3) is 4.77. The van der Waals surface area contributed by atoms with E-state index in [1.165, 1.54) is 23.8 Å². The molecule has 0 spiro atoms. The van der Waals surface area contributed by atoms with Gasteiger partial charge in [-0.15, -0.1) is 0 Å². The van der Waals surface area contributed by atoms with Crippen molar-refractivity contribution in [2.45, 2.75) is 26.5 Å². The molecule has 0 saturated carbocycles. The lowest BCUT2D eigenvalue weighted by atomic mass is 10.1. The van der Waals surface area contributed by atoms with Gasteiger partial charge in [0.05, 0.1) is 0 Å². The Labute approximate surface area is 134 Å². The van der Waals surface area contributed by atoms with Gasteiger partial charge >= 0.3 is 6.61 Å². The molecule has 0 aromatic heterocycles. The van der Waals surface area contributed by atoms with Gasteiger partial charge in [0.2, 0.25) is 0 Å². The van der Waals surface area contributed by atoms with Crippen LogP contribution in [-0.2, 0) is 13.0 Å². The van der Waals surface area contributed by atoms with Crippen LogP contribution >= 0.6 is 0 Å². The van der Waals surface area contributed by atoms with E-state index in [4.69, 9.17) is 0 Å². The molecule has 122 valence electrons. The maximum atomic E-state index is 12.4. The van der Waals surface area contributed by atoms with Gasteiger partial charge in [-0.3, -0.25) is 4.79 Å². The van der Waals surface area contributed by atoms with Gasteiger partial charge < -0.3 is 9.64 Å². The third-order valence-corrected chi connectivity index (χ3v) is 3.50. The van der Waals surface area contributed by atoms with Crippen LogP contribution in [0.5, 0.6) is 5.75 Å². The summed E-state index contributed by atoms with van der Waals surface area (Å²) in [6.07, 6.45) is 0.964. The van der Waals surface area contributed by atoms with Crippen LogP contribution in [0.3, 0.4) is 0 Å². The third-order valence-electron chi connectivity index (χ3n) is 3.50. The fraction of sp³-hybridized carbons (Fsp3) is 0.278. The number of nitrogens with zero attached hydrogens (tertiary/aromatic N) is 1. The first kappa shape index (κ1) is 16.9. The molecule has 2 aromatic carbocycles. The van der Waals surface area contributed by atoms with Crippen LogP contribution in [0.25, 0.3) is 0 Å². The van der Waals surface area contributed by atoms with E-state index in [-0.39, 0.29) is 11.7 Å². The van der Waals surface area contributed by atoms with E-state index >= 15 is 0 Å². The summed E-state index contributed by atoms with van der Waals surface area (Å²) in [5, 5.41) is 0. The quantitative estimate of drug-likeness (QED) is 0.801. The number of amides is 1. The molecule has 0 saturated heterocycles. The molecule has 2 rings (SSSR count). The molecular weight excluding hydrogens is 300 g/mol. The lowest BCUT2D eigenvalue weighted by molar-refractivity contribution is -0.0499. The van der Waals surface area contributed by atoms with Gasteiger partial charge in [-0.1, -0.05) is 37.3 Å². The predicted molar refractivity (Wildman–Crippen MR) is 84.7 cm³/mol. The van der Waals surface area contributed by atoms with E-state index in [1.54, 1.807) is 18.0 Å². The van der Waals surface area contributed by atoms with Gasteiger partial charge in [0, 0.05) is 19.2 Å². The molecule has 0 unspecified atom stereocenters. The van der Waals surface area contributed by atoms with Gasteiger partial charge in [0.25, 0.3) is 5.91 Å². The van der Waals surface area contributed by atoms with E-state index in [1.807, 2.05) is 24.3 Å². The van der Waals surface area contributed by atoms with Crippen molar-refractivity contribution >= 4 is 5.91 Å². The minimum Gasteiger partial charge on any atom is -0.435 e. The second-order valence-corrected chi connectivity index (χ2v) is 5.24. The maximum absolute atomic E-state index is 12.4. The topological polar surface area (TPSA) is 29.5 Å². The zero-order chi connectivity index (χ0) is 16.8. The van der Waals surface area contributed by atoms with E-state index in [2.05, 4.69) is 11.7 Å². The van der Waals surface area contributed by atoms with Gasteiger partial charge in [-0.25, -0.2) is 0 Å². The second-order valence-electron chi connectivity index (χ2n) is 5.24. The highest BCUT2D eigenvalue weighted by Crippen LogP contribution is 2.18. The largest absolute Gasteiger partial charge is 0.435 e. The molecule has 0 aliphatic carbocycles. The van der Waals surface area contributed by atoms with Crippen LogP contribution in [0, 0.1) is 0 Å². The number of aryl methyl sites for hydroxylation is 1. The number of rotatable bonds is 6. The first-order valence-electron chi connectivity index (χ1n) is 7.37. The molecule has 0 bridgehead atoms. The number of benzene rings is 2. The minimum absolute atomic E-state index is 0.0217. The summed E-state index contributed by atoms with van der Waals surface area (Å²) in [7, 11) is 1.68. The summed E-state index contributed by atoms with van der Waals surface area (Å²) >= 11 is 0. The first-order valence-corrected chi connectivity index (χ1v) is 7.37. The summed E-state index contributed by atoms with van der Waals surface area (Å²) in [6, 6.07) is 13.9. The fourth-order valence-corrected chi connectivity index (χ4v) is 2.25. The Bertz CT molecular complexity index is 656. The molecule has 23 heavy (non-hydrogen) atoms. The Morgan fingerprint density at radius 1 is 1.13 bits per heavy atom. The number of halogens is 2. The van der Waals surface area contributed by atoms with Crippen LogP contribution < -0.4 is 4.74 Å². The second kappa shape index (κ2) is 7.72. The smallest absolute Gasteiger partial charge is 0.387 e. The average molecular weight is 319 g/mol. The van der Waals surface area contributed by atoms with Crippen molar-refractivity contribution in [3.05, 3.63) is 65.2 Å². The van der Waals surface area contributed by atoms with Gasteiger partial charge in [0.15, 0.2) is 0 Å². The van der Waals surface area contributed by atoms with E-state index < -0.39 is 6.61 Å². The van der Waals surface area contributed by atoms with Crippen molar-refractivity contribution in [3.8, 4) is 5.75 Å². The number of ether oxygens (including phenoxy) is 1. The Morgan fingerprint density at radius 3 is 2.39 bits per heavy atom. The summed E-state index contributed by atoms with van der Waals surface area (Å²) in [5.74, 6) is -0.268. The zero-order valence-corrected chi connectivity index (χ0v) is 13.1. The van der Waals surface area contributed by atoms with Crippen LogP contribution in [0.4, 0.5) is 8.78 Å². The normalized spacial score (nSPS) is 10.7. The van der Waals surface area contributed by atoms with E-state index in [0.717, 1.165) is 12.0 Å². The molecule has 0 N–H and O–H groups in total. The molecule has 0 aliphatic rings. The van der Waals surface area contributed by atoms with E-state index in [9.17, 15) is 13.6 Å². The lowest BCUT2D eigenvalue weighted by Gasteiger charge is -2.18. The number of hydrogen-bond acceptors (Lipinski definition) is 2. The SMILES string of the molecule is CCc1ccc(CN(C)C(=O)c2cccc(OC(F)F)c2)cc1.